The van der Waals surface area contributed by atoms with Crippen LogP contribution in [0.5, 0.6) is 0 Å². The van der Waals surface area contributed by atoms with E-state index in [-0.39, 0.29) is 0 Å². The number of carbonyl (C=O) groups excluding carboxylic acids is 1. The number of hydrogen-bond acceptors (Lipinski definition) is 1. The van der Waals surface area contributed by atoms with Crippen molar-refractivity contribution < 1.29 is 4.79 Å². The van der Waals surface area contributed by atoms with Crippen LogP contribution in [0.15, 0.2) is 24.3 Å². The summed E-state index contributed by atoms with van der Waals surface area (Å²) in [6.07, 6.45) is 5.56. The Balaban J connectivity index is 1.90. The van der Waals surface area contributed by atoms with Gasteiger partial charge in [-0.05, 0) is 62.1 Å². The van der Waals surface area contributed by atoms with Crippen LogP contribution in [0, 0.1) is 5.92 Å². The Morgan fingerprint density at radius 1 is 1.18 bits per heavy atom. The minimum atomic E-state index is 0.333. The van der Waals surface area contributed by atoms with E-state index in [1.165, 1.54) is 31.2 Å². The van der Waals surface area contributed by atoms with E-state index in [9.17, 15) is 4.79 Å². The topological polar surface area (TPSA) is 17.1 Å². The van der Waals surface area contributed by atoms with E-state index in [0.717, 1.165) is 11.4 Å². The summed E-state index contributed by atoms with van der Waals surface area (Å²) in [6, 6.07) is 8.22. The Bertz CT molecular complexity index is 374. The van der Waals surface area contributed by atoms with Gasteiger partial charge in [0.2, 0.25) is 0 Å². The number of Topliss-reactive ketones (excluding diaryl/α,β-unsaturated/α-hetero) is 1. The molecule has 0 aliphatic heterocycles. The van der Waals surface area contributed by atoms with Gasteiger partial charge in [0.1, 0.15) is 5.78 Å². The molecule has 1 aliphatic carbocycles. The molecule has 0 heterocycles. The Labute approximate surface area is 108 Å². The molecule has 0 unspecified atom stereocenters. The van der Waals surface area contributed by atoms with Gasteiger partial charge in [0.15, 0.2) is 0 Å². The second kappa shape index (κ2) is 5.68. The molecule has 0 amide bonds. The fourth-order valence-electron chi connectivity index (χ4n) is 2.84. The van der Waals surface area contributed by atoms with Gasteiger partial charge in [-0.2, -0.15) is 0 Å². The maximum absolute atomic E-state index is 11.1. The highest BCUT2D eigenvalue weighted by atomic mass is 35.5. The zero-order chi connectivity index (χ0) is 12.3. The number of benzene rings is 1. The van der Waals surface area contributed by atoms with Gasteiger partial charge in [0.05, 0.1) is 0 Å². The molecule has 17 heavy (non-hydrogen) atoms. The van der Waals surface area contributed by atoms with Crippen molar-refractivity contribution in [3.05, 3.63) is 34.9 Å². The van der Waals surface area contributed by atoms with E-state index in [1.807, 2.05) is 12.1 Å². The summed E-state index contributed by atoms with van der Waals surface area (Å²) in [4.78, 5) is 11.1. The van der Waals surface area contributed by atoms with E-state index in [2.05, 4.69) is 12.1 Å². The van der Waals surface area contributed by atoms with Crippen LogP contribution in [-0.2, 0) is 4.79 Å². The first kappa shape index (κ1) is 12.6. The van der Waals surface area contributed by atoms with Gasteiger partial charge in [-0.1, -0.05) is 23.7 Å². The standard InChI is InChI=1S/C15H19ClO/c1-11(17)10-12-2-4-13(5-3-12)14-6-8-15(16)9-7-14/h6-9,12-13H,2-5,10H2,1H3/t12-,13-. The Hall–Kier alpha value is -0.820. The van der Waals surface area contributed by atoms with Gasteiger partial charge >= 0.3 is 0 Å². The number of carbonyl (C=O) groups is 1. The molecule has 1 aliphatic rings. The van der Waals surface area contributed by atoms with Gasteiger partial charge in [-0.3, -0.25) is 0 Å². The molecule has 2 heteroatoms. The van der Waals surface area contributed by atoms with Crippen molar-refractivity contribution in [2.24, 2.45) is 5.92 Å². The van der Waals surface area contributed by atoms with E-state index < -0.39 is 0 Å². The lowest BCUT2D eigenvalue weighted by molar-refractivity contribution is -0.118. The zero-order valence-electron chi connectivity index (χ0n) is 10.3. The predicted molar refractivity (Wildman–Crippen MR) is 71.4 cm³/mol. The van der Waals surface area contributed by atoms with Crippen LogP contribution < -0.4 is 0 Å². The highest BCUT2D eigenvalue weighted by Gasteiger charge is 2.22. The van der Waals surface area contributed by atoms with Gasteiger partial charge in [0, 0.05) is 11.4 Å². The van der Waals surface area contributed by atoms with E-state index in [4.69, 9.17) is 11.6 Å². The highest BCUT2D eigenvalue weighted by molar-refractivity contribution is 6.30. The first-order chi connectivity index (χ1) is 8.15. The Morgan fingerprint density at radius 2 is 1.76 bits per heavy atom. The SMILES string of the molecule is CC(=O)C[C@H]1CC[C@H](c2ccc(Cl)cc2)CC1. The van der Waals surface area contributed by atoms with E-state index >= 15 is 0 Å². The summed E-state index contributed by atoms with van der Waals surface area (Å²) in [6.45, 7) is 1.70. The van der Waals surface area contributed by atoms with Gasteiger partial charge in [0.25, 0.3) is 0 Å². The quantitative estimate of drug-likeness (QED) is 0.767. The highest BCUT2D eigenvalue weighted by Crippen LogP contribution is 2.37. The summed E-state index contributed by atoms with van der Waals surface area (Å²) in [5.41, 5.74) is 1.40. The van der Waals surface area contributed by atoms with Crippen molar-refractivity contribution in [1.82, 2.24) is 0 Å². The second-order valence-corrected chi connectivity index (χ2v) is 5.61. The first-order valence-electron chi connectivity index (χ1n) is 6.40. The molecule has 0 atom stereocenters. The van der Waals surface area contributed by atoms with Crippen molar-refractivity contribution in [3.8, 4) is 0 Å². The molecule has 1 aromatic carbocycles. The maximum atomic E-state index is 11.1. The van der Waals surface area contributed by atoms with E-state index in [1.54, 1.807) is 6.92 Å². The summed E-state index contributed by atoms with van der Waals surface area (Å²) in [7, 11) is 0. The van der Waals surface area contributed by atoms with Crippen LogP contribution in [0.3, 0.4) is 0 Å². The molecule has 92 valence electrons. The van der Waals surface area contributed by atoms with Crippen LogP contribution in [0.25, 0.3) is 0 Å². The third kappa shape index (κ3) is 3.57. The molecule has 1 aromatic rings. The lowest BCUT2D eigenvalue weighted by atomic mass is 9.77. The van der Waals surface area contributed by atoms with Crippen molar-refractivity contribution >= 4 is 17.4 Å². The summed E-state index contributed by atoms with van der Waals surface area (Å²) in [5.74, 6) is 1.62. The molecule has 0 radical (unpaired) electrons. The van der Waals surface area contributed by atoms with Crippen LogP contribution in [-0.4, -0.2) is 5.78 Å². The average Bonchev–Trinajstić information content (AvgIpc) is 2.30. The monoisotopic (exact) mass is 250 g/mol. The van der Waals surface area contributed by atoms with Crippen LogP contribution >= 0.6 is 11.6 Å². The Morgan fingerprint density at radius 3 is 2.29 bits per heavy atom. The zero-order valence-corrected chi connectivity index (χ0v) is 11.0. The largest absolute Gasteiger partial charge is 0.300 e. The van der Waals surface area contributed by atoms with Gasteiger partial charge < -0.3 is 4.79 Å². The maximum Gasteiger partial charge on any atom is 0.130 e. The molecule has 2 rings (SSSR count). The first-order valence-corrected chi connectivity index (χ1v) is 6.78. The number of rotatable bonds is 3. The van der Waals surface area contributed by atoms with Crippen molar-refractivity contribution in [1.29, 1.82) is 0 Å². The van der Waals surface area contributed by atoms with Crippen molar-refractivity contribution in [2.75, 3.05) is 0 Å². The third-order valence-corrected chi connectivity index (χ3v) is 4.02. The minimum Gasteiger partial charge on any atom is -0.300 e. The molecule has 1 fully saturated rings. The summed E-state index contributed by atoms with van der Waals surface area (Å²) < 4.78 is 0. The molecule has 1 saturated carbocycles. The molecule has 0 spiro atoms. The molecular formula is C15H19ClO. The molecule has 0 N–H and O–H groups in total. The van der Waals surface area contributed by atoms with E-state index in [0.29, 0.717) is 17.6 Å². The lowest BCUT2D eigenvalue weighted by Crippen LogP contribution is -2.15. The predicted octanol–water partition coefficient (Wildman–Crippen LogP) is 4.59. The number of halogens is 1. The third-order valence-electron chi connectivity index (χ3n) is 3.76. The molecule has 0 saturated heterocycles. The fraction of sp³-hybridized carbons (Fsp3) is 0.533. The normalized spacial score (nSPS) is 24.6. The second-order valence-electron chi connectivity index (χ2n) is 5.18. The molecule has 0 aromatic heterocycles. The lowest BCUT2D eigenvalue weighted by Gasteiger charge is -2.28. The fourth-order valence-corrected chi connectivity index (χ4v) is 2.97. The van der Waals surface area contributed by atoms with Crippen LogP contribution in [0.4, 0.5) is 0 Å². The molecule has 1 nitrogen and oxygen atoms in total. The summed E-state index contributed by atoms with van der Waals surface area (Å²) in [5, 5.41) is 0.805. The molecule has 0 bridgehead atoms. The number of ketones is 1. The van der Waals surface area contributed by atoms with Crippen LogP contribution in [0.1, 0.15) is 50.5 Å². The van der Waals surface area contributed by atoms with Crippen LogP contribution in [0.2, 0.25) is 5.02 Å². The van der Waals surface area contributed by atoms with Crippen molar-refractivity contribution in [3.63, 3.8) is 0 Å². The minimum absolute atomic E-state index is 0.333. The smallest absolute Gasteiger partial charge is 0.130 e. The number of hydrogen-bond donors (Lipinski definition) is 0. The van der Waals surface area contributed by atoms with Gasteiger partial charge in [-0.15, -0.1) is 0 Å². The summed E-state index contributed by atoms with van der Waals surface area (Å²) >= 11 is 5.89. The van der Waals surface area contributed by atoms with Crippen molar-refractivity contribution in [2.45, 2.75) is 44.9 Å². The molecular weight excluding hydrogens is 232 g/mol. The average molecular weight is 251 g/mol. The Kier molecular flexibility index (Phi) is 4.22. The van der Waals surface area contributed by atoms with Gasteiger partial charge in [-0.25, -0.2) is 0 Å².